The van der Waals surface area contributed by atoms with Crippen molar-refractivity contribution in [2.75, 3.05) is 20.2 Å². The summed E-state index contributed by atoms with van der Waals surface area (Å²) in [5.74, 6) is -1.25. The Morgan fingerprint density at radius 2 is 2.17 bits per heavy atom. The first-order chi connectivity index (χ1) is 14.1. The molecule has 5 unspecified atom stereocenters. The molecule has 1 saturated heterocycles. The van der Waals surface area contributed by atoms with Gasteiger partial charge in [-0.2, -0.15) is 13.2 Å². The fourth-order valence-electron chi connectivity index (χ4n) is 4.92. The number of halogens is 5. The number of alkyl halides is 4. The topological polar surface area (TPSA) is 68.4 Å². The summed E-state index contributed by atoms with van der Waals surface area (Å²) in [6.45, 7) is -0.775. The van der Waals surface area contributed by atoms with Gasteiger partial charge in [0.05, 0.1) is 23.2 Å². The molecule has 0 saturated carbocycles. The predicted octanol–water partition coefficient (Wildman–Crippen LogP) is 3.27. The van der Waals surface area contributed by atoms with Gasteiger partial charge in [0, 0.05) is 29.4 Å². The lowest BCUT2D eigenvalue weighted by Gasteiger charge is -2.45. The summed E-state index contributed by atoms with van der Waals surface area (Å²) >= 11 is 3.58. The number of likely N-dealkylation sites (tertiary alicyclic amines) is 1. The van der Waals surface area contributed by atoms with Gasteiger partial charge in [-0.25, -0.2) is 4.39 Å². The number of nitrogens with one attached hydrogen (secondary N) is 2. The molecule has 0 spiro atoms. The van der Waals surface area contributed by atoms with Gasteiger partial charge in [0.15, 0.2) is 0 Å². The number of aliphatic hydroxyl groups is 1. The zero-order chi connectivity index (χ0) is 21.8. The maximum atomic E-state index is 13.6. The summed E-state index contributed by atoms with van der Waals surface area (Å²) in [5.41, 5.74) is 3.28. The van der Waals surface area contributed by atoms with Crippen molar-refractivity contribution in [1.82, 2.24) is 15.2 Å². The van der Waals surface area contributed by atoms with Crippen LogP contribution in [0.2, 0.25) is 0 Å². The van der Waals surface area contributed by atoms with Gasteiger partial charge in [-0.05, 0) is 53.0 Å². The summed E-state index contributed by atoms with van der Waals surface area (Å²) in [6.07, 6.45) is -7.23. The van der Waals surface area contributed by atoms with Gasteiger partial charge in [0.1, 0.15) is 0 Å². The molecular weight excluding hydrogens is 470 g/mol. The Kier molecular flexibility index (Phi) is 5.61. The SMILES string of the molecule is CN1CC(C(=O)NC(CO)C(F)C(F)(F)F)CC2c3cccc4[nH]c(Br)c(c34)CC21. The highest BCUT2D eigenvalue weighted by molar-refractivity contribution is 9.10. The first-order valence-corrected chi connectivity index (χ1v) is 10.5. The van der Waals surface area contributed by atoms with E-state index in [-0.39, 0.29) is 12.0 Å². The molecule has 0 bridgehead atoms. The minimum atomic E-state index is -5.15. The Balaban J connectivity index is 1.58. The Hall–Kier alpha value is -1.65. The van der Waals surface area contributed by atoms with Crippen LogP contribution in [0.25, 0.3) is 10.9 Å². The number of carbonyl (C=O) groups excluding carboxylic acids is 1. The van der Waals surface area contributed by atoms with Crippen molar-refractivity contribution in [3.8, 4) is 0 Å². The molecule has 5 atom stereocenters. The van der Waals surface area contributed by atoms with Crippen molar-refractivity contribution >= 4 is 32.7 Å². The van der Waals surface area contributed by atoms with Crippen LogP contribution in [-0.2, 0) is 11.2 Å². The van der Waals surface area contributed by atoms with Gasteiger partial charge in [-0.1, -0.05) is 12.1 Å². The number of piperidine rings is 1. The van der Waals surface area contributed by atoms with E-state index in [9.17, 15) is 27.5 Å². The Bertz CT molecular complexity index is 963. The zero-order valence-electron chi connectivity index (χ0n) is 16.1. The molecule has 3 N–H and O–H groups in total. The molecule has 164 valence electrons. The summed E-state index contributed by atoms with van der Waals surface area (Å²) in [4.78, 5) is 18.1. The minimum absolute atomic E-state index is 0.0229. The lowest BCUT2D eigenvalue weighted by molar-refractivity contribution is -0.191. The van der Waals surface area contributed by atoms with E-state index in [2.05, 4.69) is 26.2 Å². The van der Waals surface area contributed by atoms with Crippen molar-refractivity contribution in [1.29, 1.82) is 0 Å². The molecule has 4 rings (SSSR count). The number of H-pyrrole nitrogens is 1. The van der Waals surface area contributed by atoms with Crippen molar-refractivity contribution in [3.63, 3.8) is 0 Å². The van der Waals surface area contributed by atoms with Gasteiger partial charge in [0.25, 0.3) is 0 Å². The lowest BCUT2D eigenvalue weighted by atomic mass is 9.72. The van der Waals surface area contributed by atoms with Crippen LogP contribution in [0, 0.1) is 5.92 Å². The van der Waals surface area contributed by atoms with Crippen LogP contribution < -0.4 is 5.32 Å². The molecule has 1 amide bonds. The number of aromatic nitrogens is 1. The van der Waals surface area contributed by atoms with E-state index >= 15 is 0 Å². The second-order valence-corrected chi connectivity index (χ2v) is 8.97. The molecule has 5 nitrogen and oxygen atoms in total. The molecule has 1 aromatic heterocycles. The summed E-state index contributed by atoms with van der Waals surface area (Å²) < 4.78 is 52.6. The molecular formula is C20H22BrF4N3O2. The first-order valence-electron chi connectivity index (χ1n) is 9.73. The summed E-state index contributed by atoms with van der Waals surface area (Å²) in [6, 6.07) is 4.08. The summed E-state index contributed by atoms with van der Waals surface area (Å²) in [5, 5.41) is 12.4. The van der Waals surface area contributed by atoms with Crippen LogP contribution in [0.15, 0.2) is 22.8 Å². The molecule has 2 aliphatic rings. The number of fused-ring (bicyclic) bond motifs is 2. The second kappa shape index (κ2) is 7.80. The highest BCUT2D eigenvalue weighted by Crippen LogP contribution is 2.46. The Morgan fingerprint density at radius 1 is 1.43 bits per heavy atom. The van der Waals surface area contributed by atoms with Crippen molar-refractivity contribution in [2.24, 2.45) is 5.92 Å². The average Bonchev–Trinajstić information content (AvgIpc) is 3.02. The molecule has 30 heavy (non-hydrogen) atoms. The van der Waals surface area contributed by atoms with Crippen LogP contribution in [-0.4, -0.2) is 65.5 Å². The summed E-state index contributed by atoms with van der Waals surface area (Å²) in [7, 11) is 1.89. The number of nitrogens with zero attached hydrogens (tertiary/aromatic N) is 1. The van der Waals surface area contributed by atoms with Crippen LogP contribution in [0.3, 0.4) is 0 Å². The monoisotopic (exact) mass is 491 g/mol. The fourth-order valence-corrected chi connectivity index (χ4v) is 5.49. The highest BCUT2D eigenvalue weighted by Gasteiger charge is 2.47. The van der Waals surface area contributed by atoms with Crippen LogP contribution in [0.5, 0.6) is 0 Å². The van der Waals surface area contributed by atoms with Crippen molar-refractivity contribution < 1.29 is 27.5 Å². The van der Waals surface area contributed by atoms with Gasteiger partial charge < -0.3 is 20.3 Å². The third-order valence-corrected chi connectivity index (χ3v) is 7.04. The van der Waals surface area contributed by atoms with Crippen LogP contribution >= 0.6 is 15.9 Å². The average molecular weight is 492 g/mol. The number of rotatable bonds is 4. The number of likely N-dealkylation sites (N-methyl/N-ethyl adjacent to an activating group) is 1. The molecule has 1 aromatic carbocycles. The number of hydrogen-bond acceptors (Lipinski definition) is 3. The fraction of sp³-hybridized carbons (Fsp3) is 0.550. The predicted molar refractivity (Wildman–Crippen MR) is 107 cm³/mol. The standard InChI is InChI=1S/C20H22BrF4N3O2/c1-28-7-9(19(30)27-14(8-29)17(22)20(23,24)25)5-11-10-3-2-4-13-16(10)12(6-15(11)28)18(21)26-13/h2-4,9,11,14-15,17,26,29H,5-8H2,1H3,(H,27,30). The molecule has 2 heterocycles. The lowest BCUT2D eigenvalue weighted by Crippen LogP contribution is -2.55. The molecule has 1 aliphatic heterocycles. The van der Waals surface area contributed by atoms with E-state index in [4.69, 9.17) is 0 Å². The van der Waals surface area contributed by atoms with E-state index < -0.39 is 36.8 Å². The van der Waals surface area contributed by atoms with E-state index in [0.717, 1.165) is 27.5 Å². The Labute approximate surface area is 178 Å². The largest absolute Gasteiger partial charge is 0.421 e. The number of amides is 1. The van der Waals surface area contributed by atoms with Crippen LogP contribution in [0.4, 0.5) is 17.6 Å². The number of carbonyl (C=O) groups is 1. The minimum Gasteiger partial charge on any atom is -0.394 e. The maximum absolute atomic E-state index is 13.6. The third-order valence-electron chi connectivity index (χ3n) is 6.36. The quantitative estimate of drug-likeness (QED) is 0.575. The first kappa shape index (κ1) is 21.6. The number of aromatic amines is 1. The normalized spacial score (nSPS) is 26.3. The molecule has 2 aromatic rings. The molecule has 0 radical (unpaired) electrons. The van der Waals surface area contributed by atoms with Crippen molar-refractivity contribution in [2.45, 2.75) is 43.2 Å². The van der Waals surface area contributed by atoms with Gasteiger partial charge in [0.2, 0.25) is 12.1 Å². The van der Waals surface area contributed by atoms with E-state index in [1.54, 1.807) is 0 Å². The molecule has 1 aliphatic carbocycles. The highest BCUT2D eigenvalue weighted by atomic mass is 79.9. The van der Waals surface area contributed by atoms with Gasteiger partial charge in [-0.3, -0.25) is 4.79 Å². The molecule has 10 heteroatoms. The third kappa shape index (κ3) is 3.62. The number of hydrogen-bond donors (Lipinski definition) is 3. The van der Waals surface area contributed by atoms with E-state index in [1.165, 1.54) is 5.56 Å². The van der Waals surface area contributed by atoms with E-state index in [1.807, 2.05) is 30.1 Å². The van der Waals surface area contributed by atoms with Gasteiger partial charge in [-0.15, -0.1) is 0 Å². The molecule has 1 fully saturated rings. The smallest absolute Gasteiger partial charge is 0.394 e. The maximum Gasteiger partial charge on any atom is 0.421 e. The van der Waals surface area contributed by atoms with Crippen molar-refractivity contribution in [3.05, 3.63) is 33.9 Å². The van der Waals surface area contributed by atoms with E-state index in [0.29, 0.717) is 13.0 Å². The number of benzene rings is 1. The van der Waals surface area contributed by atoms with Crippen LogP contribution in [0.1, 0.15) is 23.5 Å². The number of aliphatic hydroxyl groups excluding tert-OH is 1. The second-order valence-electron chi connectivity index (χ2n) is 8.18. The zero-order valence-corrected chi connectivity index (χ0v) is 17.7. The van der Waals surface area contributed by atoms with Gasteiger partial charge >= 0.3 is 6.18 Å². The Morgan fingerprint density at radius 3 is 2.83 bits per heavy atom.